The number of carboxylic acids is 2. The highest BCUT2D eigenvalue weighted by molar-refractivity contribution is 6.27. The normalized spacial score (nSPS) is 34.5. The van der Waals surface area contributed by atoms with Crippen molar-refractivity contribution in [3.8, 4) is 0 Å². The second kappa shape index (κ2) is 8.40. The predicted molar refractivity (Wildman–Crippen MR) is 121 cm³/mol. The number of nitrogens with zero attached hydrogens (tertiary/aromatic N) is 1. The summed E-state index contributed by atoms with van der Waals surface area (Å²) < 4.78 is 1.03. The lowest BCUT2D eigenvalue weighted by Crippen LogP contribution is -2.78. The van der Waals surface area contributed by atoms with Gasteiger partial charge in [0.2, 0.25) is 5.91 Å². The number of nitrogens with two attached hydrogens (primary N) is 1. The lowest BCUT2D eigenvalue weighted by atomic mass is 9.49. The minimum atomic E-state index is -1.82. The molecule has 1 heterocycles. The molecule has 8 nitrogen and oxygen atoms in total. The molecule has 0 aromatic heterocycles. The summed E-state index contributed by atoms with van der Waals surface area (Å²) in [5, 5.41) is 27.0. The van der Waals surface area contributed by atoms with Crippen LogP contribution < -0.4 is 5.73 Å². The van der Waals surface area contributed by atoms with Gasteiger partial charge in [0, 0.05) is 29.7 Å². The number of piperidine rings is 1. The zero-order valence-electron chi connectivity index (χ0n) is 19.3. The van der Waals surface area contributed by atoms with Crippen molar-refractivity contribution in [2.24, 2.45) is 11.7 Å². The van der Waals surface area contributed by atoms with Crippen LogP contribution in [0, 0.1) is 5.92 Å². The van der Waals surface area contributed by atoms with Crippen LogP contribution in [0.3, 0.4) is 0 Å². The number of hydrogen-bond donors (Lipinski definition) is 4. The number of rotatable bonds is 3. The number of likely N-dealkylation sites (tertiary alicyclic amines) is 1. The van der Waals surface area contributed by atoms with Gasteiger partial charge in [-0.05, 0) is 48.9 Å². The Morgan fingerprint density at radius 2 is 1.73 bits per heavy atom. The van der Waals surface area contributed by atoms with Crippen molar-refractivity contribution in [3.63, 3.8) is 0 Å². The number of carbonyl (C=O) groups is 3. The fourth-order valence-corrected chi connectivity index (χ4v) is 7.16. The molecule has 8 heteroatoms. The Balaban J connectivity index is 0.000000385. The molecule has 4 atom stereocenters. The van der Waals surface area contributed by atoms with E-state index in [9.17, 15) is 9.90 Å². The van der Waals surface area contributed by atoms with Gasteiger partial charge >= 0.3 is 11.9 Å². The van der Waals surface area contributed by atoms with Gasteiger partial charge in [-0.15, -0.1) is 0 Å². The summed E-state index contributed by atoms with van der Waals surface area (Å²) >= 11 is 0. The van der Waals surface area contributed by atoms with Crippen LogP contribution in [0.5, 0.6) is 0 Å². The molecule has 1 amide bonds. The van der Waals surface area contributed by atoms with E-state index >= 15 is 0 Å². The maximum Gasteiger partial charge on any atom is 0.414 e. The Morgan fingerprint density at radius 3 is 2.30 bits per heavy atom. The van der Waals surface area contributed by atoms with Crippen LogP contribution >= 0.6 is 0 Å². The topological polar surface area (TPSA) is 138 Å². The van der Waals surface area contributed by atoms with E-state index in [2.05, 4.69) is 13.1 Å². The van der Waals surface area contributed by atoms with E-state index in [0.717, 1.165) is 49.0 Å². The maximum absolute atomic E-state index is 12.2. The van der Waals surface area contributed by atoms with Crippen LogP contribution in [0.25, 0.3) is 0 Å². The summed E-state index contributed by atoms with van der Waals surface area (Å²) in [5.74, 6) is -3.17. The van der Waals surface area contributed by atoms with Crippen LogP contribution in [0.1, 0.15) is 72.9 Å². The quantitative estimate of drug-likeness (QED) is 0.403. The summed E-state index contributed by atoms with van der Waals surface area (Å²) in [5.41, 5.74) is 7.91. The molecule has 180 valence electrons. The third-order valence-corrected chi connectivity index (χ3v) is 9.00. The lowest BCUT2D eigenvalue weighted by molar-refractivity contribution is -0.952. The molecule has 1 aliphatic heterocycles. The van der Waals surface area contributed by atoms with Gasteiger partial charge in [0.05, 0.1) is 20.1 Å². The van der Waals surface area contributed by atoms with E-state index in [4.69, 9.17) is 25.5 Å². The molecular formula is C25H35N2O6+. The van der Waals surface area contributed by atoms with Gasteiger partial charge < -0.3 is 25.5 Å². The molecule has 2 bridgehead atoms. The highest BCUT2D eigenvalue weighted by Crippen LogP contribution is 2.59. The number of primary amides is 1. The number of aliphatic carboxylic acids is 2. The third-order valence-electron chi connectivity index (χ3n) is 9.00. The average Bonchev–Trinajstić information content (AvgIpc) is 2.73. The number of hydrogen-bond acceptors (Lipinski definition) is 4. The van der Waals surface area contributed by atoms with E-state index in [0.29, 0.717) is 5.56 Å². The zero-order chi connectivity index (χ0) is 24.0. The van der Waals surface area contributed by atoms with Crippen molar-refractivity contribution in [1.82, 2.24) is 0 Å². The minimum absolute atomic E-state index is 0.188. The average molecular weight is 460 g/mol. The largest absolute Gasteiger partial charge is 0.473 e. The Labute approximate surface area is 194 Å². The first-order valence-electron chi connectivity index (χ1n) is 12.0. The lowest BCUT2D eigenvalue weighted by Gasteiger charge is -2.66. The summed E-state index contributed by atoms with van der Waals surface area (Å²) in [6, 6.07) is 6.30. The van der Waals surface area contributed by atoms with E-state index in [1.807, 2.05) is 12.1 Å². The van der Waals surface area contributed by atoms with Crippen LogP contribution in [0.15, 0.2) is 18.2 Å². The van der Waals surface area contributed by atoms with Crippen molar-refractivity contribution < 1.29 is 34.2 Å². The van der Waals surface area contributed by atoms with Gasteiger partial charge in [-0.25, -0.2) is 9.59 Å². The molecular weight excluding hydrogens is 424 g/mol. The van der Waals surface area contributed by atoms with Crippen LogP contribution in [0.2, 0.25) is 0 Å². The molecule has 0 spiro atoms. The van der Waals surface area contributed by atoms with Gasteiger partial charge in [0.25, 0.3) is 0 Å². The molecule has 1 saturated heterocycles. The zero-order valence-corrected chi connectivity index (χ0v) is 19.3. The van der Waals surface area contributed by atoms with Gasteiger partial charge in [-0.3, -0.25) is 4.79 Å². The first kappa shape index (κ1) is 23.7. The second-order valence-corrected chi connectivity index (χ2v) is 10.7. The molecule has 3 fully saturated rings. The number of carboxylic acid groups (broad SMARTS) is 2. The monoisotopic (exact) mass is 459 g/mol. The summed E-state index contributed by atoms with van der Waals surface area (Å²) in [6.07, 6.45) is 10.3. The number of quaternary nitrogens is 1. The smallest absolute Gasteiger partial charge is 0.414 e. The first-order valence-corrected chi connectivity index (χ1v) is 12.0. The summed E-state index contributed by atoms with van der Waals surface area (Å²) in [4.78, 5) is 30.0. The fraction of sp³-hybridized carbons (Fsp3) is 0.640. The Bertz CT molecular complexity index is 964. The van der Waals surface area contributed by atoms with Crippen molar-refractivity contribution in [1.29, 1.82) is 0 Å². The van der Waals surface area contributed by atoms with Crippen LogP contribution in [-0.2, 0) is 21.4 Å². The van der Waals surface area contributed by atoms with Gasteiger partial charge in [-0.1, -0.05) is 25.3 Å². The second-order valence-electron chi connectivity index (χ2n) is 10.7. The van der Waals surface area contributed by atoms with Crippen molar-refractivity contribution in [2.45, 2.75) is 74.8 Å². The van der Waals surface area contributed by atoms with Gasteiger partial charge in [0.1, 0.15) is 11.6 Å². The van der Waals surface area contributed by atoms with Crippen LogP contribution in [0.4, 0.5) is 0 Å². The van der Waals surface area contributed by atoms with Crippen molar-refractivity contribution in [2.75, 3.05) is 20.1 Å². The van der Waals surface area contributed by atoms with Crippen LogP contribution in [-0.4, -0.2) is 69.4 Å². The molecule has 1 unspecified atom stereocenters. The van der Waals surface area contributed by atoms with E-state index < -0.39 is 17.5 Å². The van der Waals surface area contributed by atoms with E-state index in [1.54, 1.807) is 0 Å². The predicted octanol–water partition coefficient (Wildman–Crippen LogP) is 2.06. The van der Waals surface area contributed by atoms with Gasteiger partial charge in [-0.2, -0.15) is 0 Å². The molecule has 1 aromatic carbocycles. The number of fused-ring (bicyclic) bond motifs is 1. The molecule has 4 aliphatic rings. The number of aliphatic hydroxyl groups is 1. The number of benzene rings is 1. The highest BCUT2D eigenvalue weighted by atomic mass is 16.4. The summed E-state index contributed by atoms with van der Waals surface area (Å²) in [7, 11) is 2.41. The fourth-order valence-electron chi connectivity index (χ4n) is 7.16. The third kappa shape index (κ3) is 3.83. The van der Waals surface area contributed by atoms with E-state index in [1.165, 1.54) is 43.4 Å². The molecule has 33 heavy (non-hydrogen) atoms. The molecule has 5 N–H and O–H groups in total. The van der Waals surface area contributed by atoms with Crippen molar-refractivity contribution in [3.05, 3.63) is 34.9 Å². The first-order chi connectivity index (χ1) is 15.5. The Hall–Kier alpha value is -2.45. The molecule has 5 rings (SSSR count). The molecule has 0 radical (unpaired) electrons. The Morgan fingerprint density at radius 1 is 1.06 bits per heavy atom. The Kier molecular flexibility index (Phi) is 6.03. The molecule has 3 aliphatic carbocycles. The number of likely N-dealkylation sites (N-methyl/N-ethyl adjacent to an activating group) is 1. The minimum Gasteiger partial charge on any atom is -0.473 e. The molecule has 2 saturated carbocycles. The van der Waals surface area contributed by atoms with E-state index in [-0.39, 0.29) is 17.4 Å². The SMILES string of the molecule is C[N+]1(CC2CCC2)CC[C@]23CCCC[C@@]2(O)[C@H]1Cc1ccc(C(N)=O)cc13.O=C(O)C(=O)O. The maximum atomic E-state index is 12.2. The van der Waals surface area contributed by atoms with Crippen molar-refractivity contribution >= 4 is 17.8 Å². The number of carbonyl (C=O) groups excluding carboxylic acids is 1. The summed E-state index contributed by atoms with van der Waals surface area (Å²) in [6.45, 7) is 2.36. The standard InChI is InChI=1S/C23H32N2O2.C2H2O4/c1-25(15-16-5-4-6-16)12-11-22-9-2-3-10-23(22,27)20(25)14-17-7-8-18(21(24)26)13-19(17)22;3-1(4)2(5)6/h7-8,13,16,20,27H,2-6,9-12,14-15H2,1H3,(H-,24,26);(H,3,4)(H,5,6)/p+1/t20-,22+,23-,25?;/m1./s1. The van der Waals surface area contributed by atoms with Gasteiger partial charge in [0.15, 0.2) is 0 Å². The highest BCUT2D eigenvalue weighted by Gasteiger charge is 2.68. The molecule has 1 aromatic rings. The number of amides is 1.